The first-order valence-corrected chi connectivity index (χ1v) is 7.94. The van der Waals surface area contributed by atoms with Crippen molar-refractivity contribution in [1.82, 2.24) is 9.80 Å². The maximum Gasteiger partial charge on any atom is 0.242 e. The number of carbonyl (C=O) groups excluding carboxylic acids is 2. The van der Waals surface area contributed by atoms with Crippen molar-refractivity contribution in [3.05, 3.63) is 34.9 Å². The predicted molar refractivity (Wildman–Crippen MR) is 82.5 cm³/mol. The van der Waals surface area contributed by atoms with Gasteiger partial charge in [0, 0.05) is 24.5 Å². The summed E-state index contributed by atoms with van der Waals surface area (Å²) < 4.78 is 5.76. The third-order valence-corrected chi connectivity index (χ3v) is 4.41. The number of amides is 2. The fraction of sp³-hybridized carbons (Fsp3) is 0.500. The van der Waals surface area contributed by atoms with Gasteiger partial charge in [0.2, 0.25) is 11.8 Å². The Balaban J connectivity index is 1.61. The molecule has 22 heavy (non-hydrogen) atoms. The van der Waals surface area contributed by atoms with Gasteiger partial charge in [-0.25, -0.2) is 0 Å². The smallest absolute Gasteiger partial charge is 0.242 e. The number of hydrogen-bond donors (Lipinski definition) is 0. The summed E-state index contributed by atoms with van der Waals surface area (Å²) in [7, 11) is 0. The number of benzene rings is 1. The number of morpholine rings is 1. The van der Waals surface area contributed by atoms with Crippen molar-refractivity contribution in [1.29, 1.82) is 0 Å². The number of rotatable bonds is 3. The van der Waals surface area contributed by atoms with E-state index in [0.717, 1.165) is 12.0 Å². The van der Waals surface area contributed by atoms with E-state index in [-0.39, 0.29) is 24.5 Å². The SMILES string of the molecule is O=C1CCCN1CC(=O)N1CCO[C@@H](c2ccc(Cl)cc2)C1. The molecular formula is C16H19ClN2O3. The van der Waals surface area contributed by atoms with Crippen molar-refractivity contribution in [3.63, 3.8) is 0 Å². The quantitative estimate of drug-likeness (QED) is 0.853. The van der Waals surface area contributed by atoms with E-state index in [2.05, 4.69) is 0 Å². The Labute approximate surface area is 134 Å². The Hall–Kier alpha value is -1.59. The van der Waals surface area contributed by atoms with Gasteiger partial charge in [-0.05, 0) is 24.1 Å². The molecule has 0 aliphatic carbocycles. The third kappa shape index (κ3) is 3.42. The van der Waals surface area contributed by atoms with E-state index in [0.29, 0.717) is 37.7 Å². The molecule has 2 aliphatic heterocycles. The summed E-state index contributed by atoms with van der Waals surface area (Å²) in [6.45, 7) is 2.47. The molecule has 6 heteroatoms. The minimum Gasteiger partial charge on any atom is -0.370 e. The van der Waals surface area contributed by atoms with Crippen LogP contribution in [0.2, 0.25) is 5.02 Å². The molecule has 0 saturated carbocycles. The zero-order chi connectivity index (χ0) is 15.5. The van der Waals surface area contributed by atoms with Gasteiger partial charge in [-0.15, -0.1) is 0 Å². The molecule has 0 N–H and O–H groups in total. The molecule has 0 radical (unpaired) electrons. The Kier molecular flexibility index (Phi) is 4.64. The molecule has 5 nitrogen and oxygen atoms in total. The molecule has 2 amide bonds. The first kappa shape index (κ1) is 15.3. The average Bonchev–Trinajstić information content (AvgIpc) is 2.93. The van der Waals surface area contributed by atoms with Crippen LogP contribution in [0.25, 0.3) is 0 Å². The van der Waals surface area contributed by atoms with Crippen LogP contribution in [-0.2, 0) is 14.3 Å². The molecule has 0 unspecified atom stereocenters. The van der Waals surface area contributed by atoms with Crippen molar-refractivity contribution in [2.45, 2.75) is 18.9 Å². The van der Waals surface area contributed by atoms with Crippen molar-refractivity contribution in [2.24, 2.45) is 0 Å². The van der Waals surface area contributed by atoms with Crippen LogP contribution < -0.4 is 0 Å². The Bertz CT molecular complexity index is 561. The second-order valence-corrected chi connectivity index (χ2v) is 6.11. The summed E-state index contributed by atoms with van der Waals surface area (Å²) in [6, 6.07) is 7.49. The van der Waals surface area contributed by atoms with E-state index in [9.17, 15) is 9.59 Å². The molecule has 118 valence electrons. The van der Waals surface area contributed by atoms with Gasteiger partial charge in [-0.3, -0.25) is 9.59 Å². The molecule has 2 aliphatic rings. The zero-order valence-electron chi connectivity index (χ0n) is 12.3. The number of halogens is 1. The predicted octanol–water partition coefficient (Wildman–Crippen LogP) is 1.86. The molecule has 2 heterocycles. The Morgan fingerprint density at radius 2 is 2.05 bits per heavy atom. The Morgan fingerprint density at radius 1 is 1.27 bits per heavy atom. The standard InChI is InChI=1S/C16H19ClN2O3/c17-13-5-3-12(4-6-13)14-10-19(8-9-22-14)16(21)11-18-7-1-2-15(18)20/h3-6,14H,1-2,7-11H2/t14-/m1/s1. The topological polar surface area (TPSA) is 49.9 Å². The van der Waals surface area contributed by atoms with E-state index in [1.807, 2.05) is 24.3 Å². The normalized spacial score (nSPS) is 22.2. The minimum absolute atomic E-state index is 0.00230. The molecular weight excluding hydrogens is 304 g/mol. The molecule has 1 atom stereocenters. The molecule has 0 aromatic heterocycles. The lowest BCUT2D eigenvalue weighted by Crippen LogP contribution is -2.46. The number of carbonyl (C=O) groups is 2. The van der Waals surface area contributed by atoms with Crippen LogP contribution in [0.5, 0.6) is 0 Å². The summed E-state index contributed by atoms with van der Waals surface area (Å²) >= 11 is 5.90. The summed E-state index contributed by atoms with van der Waals surface area (Å²) in [5.74, 6) is 0.0772. The summed E-state index contributed by atoms with van der Waals surface area (Å²) in [4.78, 5) is 27.4. The number of likely N-dealkylation sites (tertiary alicyclic amines) is 1. The molecule has 1 aromatic carbocycles. The maximum atomic E-state index is 12.4. The molecule has 0 spiro atoms. The first-order valence-electron chi connectivity index (χ1n) is 7.56. The summed E-state index contributed by atoms with van der Waals surface area (Å²) in [5.41, 5.74) is 1.01. The van der Waals surface area contributed by atoms with Crippen LogP contribution in [0.15, 0.2) is 24.3 Å². The van der Waals surface area contributed by atoms with E-state index in [1.54, 1.807) is 9.80 Å². The lowest BCUT2D eigenvalue weighted by atomic mass is 10.1. The fourth-order valence-corrected chi connectivity index (χ4v) is 3.02. The fourth-order valence-electron chi connectivity index (χ4n) is 2.89. The van der Waals surface area contributed by atoms with E-state index >= 15 is 0 Å². The van der Waals surface area contributed by atoms with Crippen LogP contribution in [0.4, 0.5) is 0 Å². The van der Waals surface area contributed by atoms with Gasteiger partial charge in [-0.2, -0.15) is 0 Å². The lowest BCUT2D eigenvalue weighted by Gasteiger charge is -2.34. The van der Waals surface area contributed by atoms with Crippen LogP contribution in [0.1, 0.15) is 24.5 Å². The molecule has 3 rings (SSSR count). The molecule has 2 fully saturated rings. The van der Waals surface area contributed by atoms with Gasteiger partial charge >= 0.3 is 0 Å². The van der Waals surface area contributed by atoms with Gasteiger partial charge in [0.1, 0.15) is 6.10 Å². The molecule has 0 bridgehead atoms. The van der Waals surface area contributed by atoms with Crippen molar-refractivity contribution >= 4 is 23.4 Å². The highest BCUT2D eigenvalue weighted by molar-refractivity contribution is 6.30. The molecule has 1 aromatic rings. The minimum atomic E-state index is -0.135. The van der Waals surface area contributed by atoms with Crippen molar-refractivity contribution in [3.8, 4) is 0 Å². The summed E-state index contributed by atoms with van der Waals surface area (Å²) in [5, 5.41) is 0.681. The maximum absolute atomic E-state index is 12.4. The van der Waals surface area contributed by atoms with Crippen LogP contribution in [0.3, 0.4) is 0 Å². The number of hydrogen-bond acceptors (Lipinski definition) is 3. The van der Waals surface area contributed by atoms with Crippen LogP contribution in [0, 0.1) is 0 Å². The second kappa shape index (κ2) is 6.67. The highest BCUT2D eigenvalue weighted by Crippen LogP contribution is 2.24. The molecule has 2 saturated heterocycles. The van der Waals surface area contributed by atoms with Crippen LogP contribution in [-0.4, -0.2) is 54.4 Å². The van der Waals surface area contributed by atoms with Crippen molar-refractivity contribution in [2.75, 3.05) is 32.8 Å². The van der Waals surface area contributed by atoms with Crippen LogP contribution >= 0.6 is 11.6 Å². The lowest BCUT2D eigenvalue weighted by molar-refractivity contribution is -0.143. The Morgan fingerprint density at radius 3 is 2.73 bits per heavy atom. The first-order chi connectivity index (χ1) is 10.6. The number of nitrogens with zero attached hydrogens (tertiary/aromatic N) is 2. The zero-order valence-corrected chi connectivity index (χ0v) is 13.1. The van der Waals surface area contributed by atoms with E-state index in [4.69, 9.17) is 16.3 Å². The monoisotopic (exact) mass is 322 g/mol. The summed E-state index contributed by atoms with van der Waals surface area (Å²) in [6.07, 6.45) is 1.27. The highest BCUT2D eigenvalue weighted by Gasteiger charge is 2.29. The second-order valence-electron chi connectivity index (χ2n) is 5.67. The van der Waals surface area contributed by atoms with Gasteiger partial charge in [-0.1, -0.05) is 23.7 Å². The average molecular weight is 323 g/mol. The van der Waals surface area contributed by atoms with E-state index in [1.165, 1.54) is 0 Å². The van der Waals surface area contributed by atoms with Crippen molar-refractivity contribution < 1.29 is 14.3 Å². The van der Waals surface area contributed by atoms with Gasteiger partial charge < -0.3 is 14.5 Å². The number of ether oxygens (including phenoxy) is 1. The highest BCUT2D eigenvalue weighted by atomic mass is 35.5. The van der Waals surface area contributed by atoms with E-state index < -0.39 is 0 Å². The van der Waals surface area contributed by atoms with Gasteiger partial charge in [0.15, 0.2) is 0 Å². The van der Waals surface area contributed by atoms with Gasteiger partial charge in [0.05, 0.1) is 19.7 Å². The largest absolute Gasteiger partial charge is 0.370 e. The van der Waals surface area contributed by atoms with Gasteiger partial charge in [0.25, 0.3) is 0 Å². The third-order valence-electron chi connectivity index (χ3n) is 4.16.